The summed E-state index contributed by atoms with van der Waals surface area (Å²) >= 11 is 0. The molecule has 1 fully saturated rings. The lowest BCUT2D eigenvalue weighted by atomic mass is 10.2. The highest BCUT2D eigenvalue weighted by atomic mass is 16.5. The van der Waals surface area contributed by atoms with Crippen molar-refractivity contribution >= 4 is 5.69 Å². The number of nitrogens with zero attached hydrogens (tertiary/aromatic N) is 2. The highest BCUT2D eigenvalue weighted by molar-refractivity contribution is 5.45. The van der Waals surface area contributed by atoms with Crippen molar-refractivity contribution in [3.05, 3.63) is 24.0 Å². The summed E-state index contributed by atoms with van der Waals surface area (Å²) in [5, 5.41) is 3.19. The van der Waals surface area contributed by atoms with Gasteiger partial charge in [-0.1, -0.05) is 0 Å². The molecule has 2 heterocycles. The molecular weight excluding hydrogens is 214 g/mol. The summed E-state index contributed by atoms with van der Waals surface area (Å²) in [6.45, 7) is 3.80. The second-order valence-electron chi connectivity index (χ2n) is 4.58. The number of hydrogen-bond donors (Lipinski definition) is 1. The summed E-state index contributed by atoms with van der Waals surface area (Å²) in [4.78, 5) is 6.75. The van der Waals surface area contributed by atoms with Gasteiger partial charge in [-0.05, 0) is 32.5 Å². The molecule has 0 saturated carbocycles. The Bertz CT molecular complexity index is 346. The fourth-order valence-electron chi connectivity index (χ4n) is 2.05. The Kier molecular flexibility index (Phi) is 3.97. The van der Waals surface area contributed by atoms with Crippen molar-refractivity contribution in [3.8, 4) is 0 Å². The predicted molar refractivity (Wildman–Crippen MR) is 69.3 cm³/mol. The van der Waals surface area contributed by atoms with Crippen LogP contribution in [0.1, 0.15) is 25.1 Å². The standard InChI is InChI=1S/C13H21N3O/c1-10(14-2)13-5-4-11(8-15-13)16(3)12-6-7-17-9-12/h4-5,8,10,12,14H,6-7,9H2,1-3H3. The van der Waals surface area contributed by atoms with Crippen molar-refractivity contribution < 1.29 is 4.74 Å². The van der Waals surface area contributed by atoms with E-state index >= 15 is 0 Å². The van der Waals surface area contributed by atoms with Gasteiger partial charge in [0.2, 0.25) is 0 Å². The van der Waals surface area contributed by atoms with E-state index in [4.69, 9.17) is 4.74 Å². The van der Waals surface area contributed by atoms with E-state index in [0.717, 1.165) is 31.0 Å². The Morgan fingerprint density at radius 2 is 2.35 bits per heavy atom. The third-order valence-corrected chi connectivity index (χ3v) is 3.51. The third-order valence-electron chi connectivity index (χ3n) is 3.51. The van der Waals surface area contributed by atoms with Gasteiger partial charge in [0.15, 0.2) is 0 Å². The van der Waals surface area contributed by atoms with Crippen molar-refractivity contribution in [2.45, 2.75) is 25.4 Å². The van der Waals surface area contributed by atoms with Gasteiger partial charge >= 0.3 is 0 Å². The summed E-state index contributed by atoms with van der Waals surface area (Å²) in [5.41, 5.74) is 2.24. The van der Waals surface area contributed by atoms with Crippen LogP contribution in [0, 0.1) is 0 Å². The topological polar surface area (TPSA) is 37.4 Å². The Labute approximate surface area is 103 Å². The molecule has 94 valence electrons. The van der Waals surface area contributed by atoms with Crippen LogP contribution in [0.2, 0.25) is 0 Å². The summed E-state index contributed by atoms with van der Waals surface area (Å²) in [7, 11) is 4.06. The van der Waals surface area contributed by atoms with E-state index in [-0.39, 0.29) is 0 Å². The van der Waals surface area contributed by atoms with Gasteiger partial charge in [-0.2, -0.15) is 0 Å². The number of rotatable bonds is 4. The maximum Gasteiger partial charge on any atom is 0.0670 e. The Morgan fingerprint density at radius 1 is 1.53 bits per heavy atom. The summed E-state index contributed by atoms with van der Waals surface area (Å²) in [5.74, 6) is 0. The number of aromatic nitrogens is 1. The van der Waals surface area contributed by atoms with Crippen LogP contribution in [-0.4, -0.2) is 38.3 Å². The van der Waals surface area contributed by atoms with Gasteiger partial charge < -0.3 is 15.0 Å². The van der Waals surface area contributed by atoms with Gasteiger partial charge in [0.25, 0.3) is 0 Å². The van der Waals surface area contributed by atoms with Crippen LogP contribution >= 0.6 is 0 Å². The van der Waals surface area contributed by atoms with Crippen LogP contribution in [0.3, 0.4) is 0 Å². The first kappa shape index (κ1) is 12.3. The number of anilines is 1. The molecule has 0 bridgehead atoms. The highest BCUT2D eigenvalue weighted by Gasteiger charge is 2.20. The lowest BCUT2D eigenvalue weighted by Crippen LogP contribution is -2.31. The van der Waals surface area contributed by atoms with E-state index in [2.05, 4.69) is 41.3 Å². The van der Waals surface area contributed by atoms with Crippen molar-refractivity contribution in [1.29, 1.82) is 0 Å². The smallest absolute Gasteiger partial charge is 0.0670 e. The molecule has 2 atom stereocenters. The molecule has 1 aromatic heterocycles. The van der Waals surface area contributed by atoms with Gasteiger partial charge in [0, 0.05) is 19.7 Å². The van der Waals surface area contributed by atoms with Crippen molar-refractivity contribution in [3.63, 3.8) is 0 Å². The number of likely N-dealkylation sites (N-methyl/N-ethyl adjacent to an activating group) is 1. The summed E-state index contributed by atoms with van der Waals surface area (Å²) < 4.78 is 5.41. The van der Waals surface area contributed by atoms with Crippen molar-refractivity contribution in [2.75, 3.05) is 32.2 Å². The highest BCUT2D eigenvalue weighted by Crippen LogP contribution is 2.20. The molecule has 0 spiro atoms. The molecule has 4 nitrogen and oxygen atoms in total. The fraction of sp³-hybridized carbons (Fsp3) is 0.615. The van der Waals surface area contributed by atoms with E-state index in [1.807, 2.05) is 13.2 Å². The van der Waals surface area contributed by atoms with E-state index in [9.17, 15) is 0 Å². The molecule has 4 heteroatoms. The average Bonchev–Trinajstić information content (AvgIpc) is 2.91. The Hall–Kier alpha value is -1.13. The quantitative estimate of drug-likeness (QED) is 0.860. The van der Waals surface area contributed by atoms with E-state index in [1.165, 1.54) is 0 Å². The molecule has 1 aromatic rings. The summed E-state index contributed by atoms with van der Waals surface area (Å²) in [6, 6.07) is 5.01. The fourth-order valence-corrected chi connectivity index (χ4v) is 2.05. The number of nitrogens with one attached hydrogen (secondary N) is 1. The first-order valence-corrected chi connectivity index (χ1v) is 6.16. The molecule has 2 unspecified atom stereocenters. The maximum absolute atomic E-state index is 5.41. The molecule has 2 rings (SSSR count). The third kappa shape index (κ3) is 2.76. The predicted octanol–water partition coefficient (Wildman–Crippen LogP) is 1.59. The molecular formula is C13H21N3O. The maximum atomic E-state index is 5.41. The largest absolute Gasteiger partial charge is 0.379 e. The lowest BCUT2D eigenvalue weighted by molar-refractivity contribution is 0.193. The summed E-state index contributed by atoms with van der Waals surface area (Å²) in [6.07, 6.45) is 3.05. The molecule has 0 aromatic carbocycles. The number of ether oxygens (including phenoxy) is 1. The zero-order chi connectivity index (χ0) is 12.3. The van der Waals surface area contributed by atoms with Crippen LogP contribution < -0.4 is 10.2 Å². The van der Waals surface area contributed by atoms with Crippen molar-refractivity contribution in [1.82, 2.24) is 10.3 Å². The van der Waals surface area contributed by atoms with Gasteiger partial charge in [-0.15, -0.1) is 0 Å². The molecule has 1 aliphatic rings. The minimum Gasteiger partial charge on any atom is -0.379 e. The first-order chi connectivity index (χ1) is 8.22. The van der Waals surface area contributed by atoms with Gasteiger partial charge in [-0.25, -0.2) is 0 Å². The van der Waals surface area contributed by atoms with Crippen LogP contribution in [0.25, 0.3) is 0 Å². The van der Waals surface area contributed by atoms with Crippen LogP contribution in [0.4, 0.5) is 5.69 Å². The molecule has 1 N–H and O–H groups in total. The first-order valence-electron chi connectivity index (χ1n) is 6.16. The van der Waals surface area contributed by atoms with E-state index in [1.54, 1.807) is 0 Å². The molecule has 1 aliphatic heterocycles. The van der Waals surface area contributed by atoms with E-state index in [0.29, 0.717) is 12.1 Å². The van der Waals surface area contributed by atoms with Gasteiger partial charge in [-0.3, -0.25) is 4.98 Å². The molecule has 0 aliphatic carbocycles. The molecule has 0 radical (unpaired) electrons. The minimum atomic E-state index is 0.296. The lowest BCUT2D eigenvalue weighted by Gasteiger charge is -2.25. The number of pyridine rings is 1. The molecule has 17 heavy (non-hydrogen) atoms. The molecule has 1 saturated heterocycles. The van der Waals surface area contributed by atoms with Crippen LogP contribution in [0.5, 0.6) is 0 Å². The monoisotopic (exact) mass is 235 g/mol. The normalized spacial score (nSPS) is 21.5. The zero-order valence-corrected chi connectivity index (χ0v) is 10.8. The second kappa shape index (κ2) is 5.47. The van der Waals surface area contributed by atoms with Gasteiger partial charge in [0.05, 0.1) is 30.2 Å². The SMILES string of the molecule is CNC(C)c1ccc(N(C)C2CCOC2)cn1. The van der Waals surface area contributed by atoms with Crippen molar-refractivity contribution in [2.24, 2.45) is 0 Å². The Balaban J connectivity index is 2.06. The van der Waals surface area contributed by atoms with Gasteiger partial charge in [0.1, 0.15) is 0 Å². The Morgan fingerprint density at radius 3 is 2.88 bits per heavy atom. The average molecular weight is 235 g/mol. The van der Waals surface area contributed by atoms with E-state index < -0.39 is 0 Å². The second-order valence-corrected chi connectivity index (χ2v) is 4.58. The number of hydrogen-bond acceptors (Lipinski definition) is 4. The zero-order valence-electron chi connectivity index (χ0n) is 10.8. The minimum absolute atomic E-state index is 0.296. The van der Waals surface area contributed by atoms with Crippen LogP contribution in [0.15, 0.2) is 18.3 Å². The van der Waals surface area contributed by atoms with Crippen LogP contribution in [-0.2, 0) is 4.74 Å². The molecule has 0 amide bonds.